The zero-order valence-corrected chi connectivity index (χ0v) is 15.6. The molecule has 0 radical (unpaired) electrons. The van der Waals surface area contributed by atoms with Crippen LogP contribution in [0.5, 0.6) is 0 Å². The predicted molar refractivity (Wildman–Crippen MR) is 99.6 cm³/mol. The summed E-state index contributed by atoms with van der Waals surface area (Å²) in [6, 6.07) is 16.0. The van der Waals surface area contributed by atoms with Crippen molar-refractivity contribution in [2.75, 3.05) is 19.8 Å². The van der Waals surface area contributed by atoms with Gasteiger partial charge >= 0.3 is 0 Å². The van der Waals surface area contributed by atoms with Crippen LogP contribution in [0.25, 0.3) is 0 Å². The van der Waals surface area contributed by atoms with Gasteiger partial charge in [0.15, 0.2) is 9.84 Å². The van der Waals surface area contributed by atoms with Gasteiger partial charge < -0.3 is 10.5 Å². The minimum Gasteiger partial charge on any atom is -0.381 e. The Hall–Kier alpha value is -1.40. The molecular formula is C19H22ClNO3S. The Morgan fingerprint density at radius 3 is 2.32 bits per heavy atom. The molecule has 4 nitrogen and oxygen atoms in total. The van der Waals surface area contributed by atoms with Gasteiger partial charge in [-0.05, 0) is 36.8 Å². The third-order valence-corrected chi connectivity index (χ3v) is 7.56. The van der Waals surface area contributed by atoms with Gasteiger partial charge in [0.05, 0.1) is 16.8 Å². The summed E-state index contributed by atoms with van der Waals surface area (Å²) in [5.74, 6) is -0.175. The van der Waals surface area contributed by atoms with Crippen LogP contribution in [0.4, 0.5) is 0 Å². The molecule has 0 saturated heterocycles. The fraction of sp³-hybridized carbons (Fsp3) is 0.368. The van der Waals surface area contributed by atoms with E-state index in [0.717, 1.165) is 5.56 Å². The second-order valence-electron chi connectivity index (χ2n) is 6.38. The van der Waals surface area contributed by atoms with Crippen molar-refractivity contribution in [2.45, 2.75) is 23.0 Å². The van der Waals surface area contributed by atoms with E-state index in [2.05, 4.69) is 0 Å². The zero-order chi connectivity index (χ0) is 18.1. The van der Waals surface area contributed by atoms with Gasteiger partial charge in [-0.3, -0.25) is 0 Å². The summed E-state index contributed by atoms with van der Waals surface area (Å²) in [5.41, 5.74) is 6.44. The van der Waals surface area contributed by atoms with E-state index in [-0.39, 0.29) is 17.4 Å². The Morgan fingerprint density at radius 2 is 1.76 bits per heavy atom. The Labute approximate surface area is 153 Å². The number of sulfone groups is 1. The van der Waals surface area contributed by atoms with Crippen molar-refractivity contribution < 1.29 is 13.2 Å². The normalized spacial score (nSPS) is 25.7. The monoisotopic (exact) mass is 379 g/mol. The molecule has 2 aromatic carbocycles. The van der Waals surface area contributed by atoms with Crippen molar-refractivity contribution in [2.24, 2.45) is 11.1 Å². The molecule has 1 aliphatic rings. The van der Waals surface area contributed by atoms with Crippen molar-refractivity contribution in [1.82, 2.24) is 0 Å². The molecule has 6 heteroatoms. The summed E-state index contributed by atoms with van der Waals surface area (Å²) in [6.45, 7) is 3.00. The van der Waals surface area contributed by atoms with Crippen LogP contribution in [0.2, 0.25) is 5.02 Å². The van der Waals surface area contributed by atoms with Gasteiger partial charge in [0.25, 0.3) is 0 Å². The van der Waals surface area contributed by atoms with Crippen LogP contribution < -0.4 is 5.73 Å². The maximum atomic E-state index is 13.3. The molecule has 0 unspecified atom stereocenters. The quantitative estimate of drug-likeness (QED) is 0.801. The fourth-order valence-corrected chi connectivity index (χ4v) is 6.22. The van der Waals surface area contributed by atoms with Gasteiger partial charge in [0.2, 0.25) is 0 Å². The van der Waals surface area contributed by atoms with Gasteiger partial charge in [-0.15, -0.1) is 0 Å². The van der Waals surface area contributed by atoms with Gasteiger partial charge in [0, 0.05) is 29.5 Å². The van der Waals surface area contributed by atoms with Gasteiger partial charge in [0.1, 0.15) is 0 Å². The number of hydrogen-bond acceptors (Lipinski definition) is 4. The maximum Gasteiger partial charge on any atom is 0.182 e. The topological polar surface area (TPSA) is 69.4 Å². The molecule has 25 heavy (non-hydrogen) atoms. The summed E-state index contributed by atoms with van der Waals surface area (Å²) in [7, 11) is -3.55. The van der Waals surface area contributed by atoms with E-state index in [1.54, 1.807) is 24.3 Å². The maximum absolute atomic E-state index is 13.3. The first kappa shape index (κ1) is 18.4. The third-order valence-electron chi connectivity index (χ3n) is 4.97. The van der Waals surface area contributed by atoms with E-state index < -0.39 is 20.5 Å². The average molecular weight is 380 g/mol. The standard InChI is InChI=1S/C19H22ClNO3S/c1-2-24-13-19(12-21)17(14-6-4-3-5-7-14)18(19)25(22,23)16-10-8-15(20)9-11-16/h3-11,17-18H,2,12-13,21H2,1H3/t17-,18-,19-/m1/s1. The first-order chi connectivity index (χ1) is 12.0. The third kappa shape index (κ3) is 3.22. The van der Waals surface area contributed by atoms with Crippen molar-refractivity contribution in [3.8, 4) is 0 Å². The van der Waals surface area contributed by atoms with Crippen molar-refractivity contribution in [1.29, 1.82) is 0 Å². The lowest BCUT2D eigenvalue weighted by Crippen LogP contribution is -2.29. The minimum atomic E-state index is -3.55. The molecule has 0 spiro atoms. The lowest BCUT2D eigenvalue weighted by atomic mass is 10.0. The van der Waals surface area contributed by atoms with Gasteiger partial charge in [-0.2, -0.15) is 0 Å². The van der Waals surface area contributed by atoms with E-state index in [1.165, 1.54) is 0 Å². The molecule has 1 fully saturated rings. The Morgan fingerprint density at radius 1 is 1.12 bits per heavy atom. The average Bonchev–Trinajstić information content (AvgIpc) is 3.31. The van der Waals surface area contributed by atoms with Crippen LogP contribution >= 0.6 is 11.6 Å². The molecule has 0 aliphatic heterocycles. The minimum absolute atomic E-state index is 0.175. The van der Waals surface area contributed by atoms with E-state index in [1.807, 2.05) is 37.3 Å². The van der Waals surface area contributed by atoms with Crippen LogP contribution in [0.15, 0.2) is 59.5 Å². The van der Waals surface area contributed by atoms with Gasteiger partial charge in [-0.1, -0.05) is 41.9 Å². The molecule has 134 valence electrons. The second kappa shape index (κ2) is 7.08. The number of rotatable bonds is 7. The number of nitrogens with two attached hydrogens (primary N) is 1. The van der Waals surface area contributed by atoms with Crippen LogP contribution in [0.1, 0.15) is 18.4 Å². The van der Waals surface area contributed by atoms with Gasteiger partial charge in [-0.25, -0.2) is 8.42 Å². The molecule has 0 heterocycles. The zero-order valence-electron chi connectivity index (χ0n) is 14.1. The highest BCUT2D eigenvalue weighted by Crippen LogP contribution is 2.63. The van der Waals surface area contributed by atoms with Crippen molar-refractivity contribution in [3.05, 3.63) is 65.2 Å². The van der Waals surface area contributed by atoms with Crippen LogP contribution in [0, 0.1) is 5.41 Å². The summed E-state index contributed by atoms with van der Waals surface area (Å²) in [5, 5.41) is -0.0890. The van der Waals surface area contributed by atoms with Crippen LogP contribution in [-0.4, -0.2) is 33.4 Å². The van der Waals surface area contributed by atoms with E-state index in [4.69, 9.17) is 22.1 Å². The highest BCUT2D eigenvalue weighted by molar-refractivity contribution is 7.92. The number of halogens is 1. The summed E-state index contributed by atoms with van der Waals surface area (Å²) in [4.78, 5) is 0.273. The largest absolute Gasteiger partial charge is 0.381 e. The molecule has 3 atom stereocenters. The Bertz CT molecular complexity index is 824. The number of hydrogen-bond donors (Lipinski definition) is 1. The molecule has 3 rings (SSSR count). The molecule has 0 aromatic heterocycles. The Balaban J connectivity index is 2.03. The number of benzene rings is 2. The van der Waals surface area contributed by atoms with E-state index >= 15 is 0 Å². The fourth-order valence-electron chi connectivity index (χ4n) is 3.65. The molecule has 1 saturated carbocycles. The molecule has 1 aliphatic carbocycles. The second-order valence-corrected chi connectivity index (χ2v) is 8.89. The number of ether oxygens (including phenoxy) is 1. The summed E-state index contributed by atoms with van der Waals surface area (Å²) in [6.07, 6.45) is 0. The summed E-state index contributed by atoms with van der Waals surface area (Å²) >= 11 is 5.90. The lowest BCUT2D eigenvalue weighted by molar-refractivity contribution is 0.101. The van der Waals surface area contributed by atoms with E-state index in [0.29, 0.717) is 18.2 Å². The molecule has 0 amide bonds. The van der Waals surface area contributed by atoms with Crippen molar-refractivity contribution in [3.63, 3.8) is 0 Å². The first-order valence-electron chi connectivity index (χ1n) is 8.29. The lowest BCUT2D eigenvalue weighted by Gasteiger charge is -2.16. The van der Waals surface area contributed by atoms with E-state index in [9.17, 15) is 8.42 Å². The smallest absolute Gasteiger partial charge is 0.182 e. The summed E-state index contributed by atoms with van der Waals surface area (Å²) < 4.78 is 32.2. The highest BCUT2D eigenvalue weighted by Gasteiger charge is 2.70. The van der Waals surface area contributed by atoms with Crippen LogP contribution in [-0.2, 0) is 14.6 Å². The Kier molecular flexibility index (Phi) is 5.21. The molecule has 2 N–H and O–H groups in total. The van der Waals surface area contributed by atoms with Crippen molar-refractivity contribution >= 4 is 21.4 Å². The molecular weight excluding hydrogens is 358 g/mol. The SMILES string of the molecule is CCOC[C@]1(CN)[C@H](c2ccccc2)[C@H]1S(=O)(=O)c1ccc(Cl)cc1. The van der Waals surface area contributed by atoms with Crippen LogP contribution in [0.3, 0.4) is 0 Å². The predicted octanol–water partition coefficient (Wildman–Crippen LogP) is 3.26. The first-order valence-corrected chi connectivity index (χ1v) is 10.2. The highest BCUT2D eigenvalue weighted by atomic mass is 35.5. The molecule has 0 bridgehead atoms. The molecule has 2 aromatic rings.